The number of thiocarbonyl (C=S) groups is 1. The molecular formula is C15H16OS. The van der Waals surface area contributed by atoms with Gasteiger partial charge >= 0.3 is 0 Å². The Morgan fingerprint density at radius 3 is 2.71 bits per heavy atom. The largest absolute Gasteiger partial charge is 0.487 e. The molecule has 0 N–H and O–H groups in total. The molecule has 0 aliphatic carbocycles. The normalized spacial score (nSPS) is 10.4. The van der Waals surface area contributed by atoms with Gasteiger partial charge in [-0.15, -0.1) is 0 Å². The monoisotopic (exact) mass is 244 g/mol. The van der Waals surface area contributed by atoms with E-state index in [1.54, 1.807) is 0 Å². The van der Waals surface area contributed by atoms with Gasteiger partial charge in [-0.25, -0.2) is 0 Å². The van der Waals surface area contributed by atoms with Crippen LogP contribution >= 0.6 is 12.2 Å². The molecule has 17 heavy (non-hydrogen) atoms. The Balaban J connectivity index is 2.16. The lowest BCUT2D eigenvalue weighted by atomic mass is 10.0. The van der Waals surface area contributed by atoms with E-state index in [0.717, 1.165) is 12.8 Å². The lowest BCUT2D eigenvalue weighted by Crippen LogP contribution is -2.02. The Labute approximate surface area is 107 Å². The summed E-state index contributed by atoms with van der Waals surface area (Å²) in [6.45, 7) is 2.62. The molecule has 0 unspecified atom stereocenters. The molecule has 2 rings (SSSR count). The second-order valence-corrected chi connectivity index (χ2v) is 4.40. The first-order valence-electron chi connectivity index (χ1n) is 5.93. The van der Waals surface area contributed by atoms with Crippen LogP contribution in [0.25, 0.3) is 10.8 Å². The maximum atomic E-state index is 5.31. The lowest BCUT2D eigenvalue weighted by molar-refractivity contribution is 0.327. The zero-order chi connectivity index (χ0) is 12.1. The minimum atomic E-state index is 0.661. The van der Waals surface area contributed by atoms with Crippen molar-refractivity contribution in [3.63, 3.8) is 0 Å². The molecule has 2 heteroatoms. The fraction of sp³-hybridized carbons (Fsp3) is 0.267. The highest BCUT2D eigenvalue weighted by Crippen LogP contribution is 2.19. The number of rotatable bonds is 4. The van der Waals surface area contributed by atoms with Crippen molar-refractivity contribution in [1.29, 1.82) is 0 Å². The van der Waals surface area contributed by atoms with Crippen LogP contribution in [0.4, 0.5) is 0 Å². The molecule has 0 aromatic heterocycles. The smallest absolute Gasteiger partial charge is 0.159 e. The average molecular weight is 244 g/mol. The average Bonchev–Trinajstić information content (AvgIpc) is 2.36. The van der Waals surface area contributed by atoms with Gasteiger partial charge in [0.1, 0.15) is 0 Å². The van der Waals surface area contributed by atoms with Crippen LogP contribution in [0.3, 0.4) is 0 Å². The van der Waals surface area contributed by atoms with E-state index >= 15 is 0 Å². The van der Waals surface area contributed by atoms with Crippen molar-refractivity contribution >= 4 is 28.0 Å². The molecule has 88 valence electrons. The first-order chi connectivity index (χ1) is 8.31. The minimum absolute atomic E-state index is 0.661. The van der Waals surface area contributed by atoms with Gasteiger partial charge in [-0.3, -0.25) is 0 Å². The maximum Gasteiger partial charge on any atom is 0.159 e. The van der Waals surface area contributed by atoms with Crippen molar-refractivity contribution in [3.05, 3.63) is 48.0 Å². The SMILES string of the molecule is CCOC(=S)CCc1cccc2ccccc12. The van der Waals surface area contributed by atoms with Crippen molar-refractivity contribution in [2.45, 2.75) is 19.8 Å². The summed E-state index contributed by atoms with van der Waals surface area (Å²) >= 11 is 5.15. The van der Waals surface area contributed by atoms with Crippen LogP contribution in [0.5, 0.6) is 0 Å². The van der Waals surface area contributed by atoms with Crippen LogP contribution < -0.4 is 0 Å². The number of ether oxygens (including phenoxy) is 1. The molecule has 1 nitrogen and oxygen atoms in total. The third kappa shape index (κ3) is 3.04. The van der Waals surface area contributed by atoms with Crippen molar-refractivity contribution in [3.8, 4) is 0 Å². The standard InChI is InChI=1S/C15H16OS/c1-2-16-15(17)11-10-13-8-5-7-12-6-3-4-9-14(12)13/h3-9H,2,10-11H2,1H3. The van der Waals surface area contributed by atoms with Gasteiger partial charge in [-0.2, -0.15) is 0 Å². The van der Waals surface area contributed by atoms with Crippen LogP contribution in [0, 0.1) is 0 Å². The minimum Gasteiger partial charge on any atom is -0.487 e. The summed E-state index contributed by atoms with van der Waals surface area (Å²) in [6.07, 6.45) is 1.76. The van der Waals surface area contributed by atoms with E-state index in [0.29, 0.717) is 11.7 Å². The van der Waals surface area contributed by atoms with Crippen molar-refractivity contribution in [2.24, 2.45) is 0 Å². The van der Waals surface area contributed by atoms with Gasteiger partial charge in [0.2, 0.25) is 0 Å². The molecule has 0 heterocycles. The first-order valence-corrected chi connectivity index (χ1v) is 6.34. The van der Waals surface area contributed by atoms with Crippen LogP contribution in [-0.4, -0.2) is 11.7 Å². The molecule has 0 saturated carbocycles. The van der Waals surface area contributed by atoms with E-state index in [1.807, 2.05) is 6.92 Å². The van der Waals surface area contributed by atoms with Crippen LogP contribution in [0.15, 0.2) is 42.5 Å². The topological polar surface area (TPSA) is 9.23 Å². The second kappa shape index (κ2) is 5.78. The Kier molecular flexibility index (Phi) is 4.10. The number of hydrogen-bond acceptors (Lipinski definition) is 2. The Morgan fingerprint density at radius 1 is 1.12 bits per heavy atom. The van der Waals surface area contributed by atoms with Crippen molar-refractivity contribution in [1.82, 2.24) is 0 Å². The third-order valence-corrected chi connectivity index (χ3v) is 3.11. The van der Waals surface area contributed by atoms with Gasteiger partial charge in [-0.05, 0) is 41.9 Å². The zero-order valence-corrected chi connectivity index (χ0v) is 10.8. The molecule has 0 saturated heterocycles. The molecule has 0 radical (unpaired) electrons. The van der Waals surface area contributed by atoms with Crippen LogP contribution in [-0.2, 0) is 11.2 Å². The molecule has 0 aliphatic rings. The molecule has 0 aliphatic heterocycles. The molecule has 0 spiro atoms. The molecule has 0 atom stereocenters. The van der Waals surface area contributed by atoms with E-state index in [1.165, 1.54) is 16.3 Å². The summed E-state index contributed by atoms with van der Waals surface area (Å²) in [5.74, 6) is 0. The van der Waals surface area contributed by atoms with E-state index < -0.39 is 0 Å². The highest BCUT2D eigenvalue weighted by molar-refractivity contribution is 7.80. The van der Waals surface area contributed by atoms with Crippen LogP contribution in [0.2, 0.25) is 0 Å². The van der Waals surface area contributed by atoms with Gasteiger partial charge in [0.05, 0.1) is 6.61 Å². The predicted molar refractivity (Wildman–Crippen MR) is 76.5 cm³/mol. The summed E-state index contributed by atoms with van der Waals surface area (Å²) in [5, 5.41) is 3.31. The summed E-state index contributed by atoms with van der Waals surface area (Å²) in [5.41, 5.74) is 1.34. The second-order valence-electron chi connectivity index (χ2n) is 3.94. The van der Waals surface area contributed by atoms with Crippen molar-refractivity contribution in [2.75, 3.05) is 6.61 Å². The van der Waals surface area contributed by atoms with E-state index in [2.05, 4.69) is 42.5 Å². The van der Waals surface area contributed by atoms with E-state index in [4.69, 9.17) is 17.0 Å². The van der Waals surface area contributed by atoms with Gasteiger partial charge in [0.15, 0.2) is 5.05 Å². The van der Waals surface area contributed by atoms with E-state index in [-0.39, 0.29) is 0 Å². The van der Waals surface area contributed by atoms with E-state index in [9.17, 15) is 0 Å². The molecule has 0 bridgehead atoms. The van der Waals surface area contributed by atoms with Gasteiger partial charge in [0.25, 0.3) is 0 Å². The third-order valence-electron chi connectivity index (χ3n) is 2.78. The summed E-state index contributed by atoms with van der Waals surface area (Å²) < 4.78 is 5.31. The Hall–Kier alpha value is -1.41. The fourth-order valence-corrected chi connectivity index (χ4v) is 2.20. The van der Waals surface area contributed by atoms with Crippen molar-refractivity contribution < 1.29 is 4.74 Å². The maximum absolute atomic E-state index is 5.31. The molecule has 2 aromatic rings. The summed E-state index contributed by atoms with van der Waals surface area (Å²) in [7, 11) is 0. The Morgan fingerprint density at radius 2 is 1.88 bits per heavy atom. The number of benzene rings is 2. The highest BCUT2D eigenvalue weighted by Gasteiger charge is 2.02. The van der Waals surface area contributed by atoms with Gasteiger partial charge < -0.3 is 4.74 Å². The molecule has 0 fully saturated rings. The lowest BCUT2D eigenvalue weighted by Gasteiger charge is -2.07. The number of hydrogen-bond donors (Lipinski definition) is 0. The number of fused-ring (bicyclic) bond motifs is 1. The van der Waals surface area contributed by atoms with Gasteiger partial charge in [0, 0.05) is 6.42 Å². The zero-order valence-electron chi connectivity index (χ0n) is 9.98. The predicted octanol–water partition coefficient (Wildman–Crippen LogP) is 4.14. The molecule has 2 aromatic carbocycles. The molecular weight excluding hydrogens is 228 g/mol. The van der Waals surface area contributed by atoms with Crippen LogP contribution in [0.1, 0.15) is 18.9 Å². The highest BCUT2D eigenvalue weighted by atomic mass is 32.1. The number of aryl methyl sites for hydroxylation is 1. The quantitative estimate of drug-likeness (QED) is 0.748. The summed E-state index contributed by atoms with van der Waals surface area (Å²) in [6, 6.07) is 14.8. The molecule has 0 amide bonds. The Bertz CT molecular complexity index is 514. The summed E-state index contributed by atoms with van der Waals surface area (Å²) in [4.78, 5) is 0. The van der Waals surface area contributed by atoms with Gasteiger partial charge in [-0.1, -0.05) is 42.5 Å². The fourth-order valence-electron chi connectivity index (χ4n) is 1.98. The first kappa shape index (κ1) is 12.1.